The highest BCUT2D eigenvalue weighted by Gasteiger charge is 2.28. The minimum Gasteiger partial charge on any atom is -0.466 e. The van der Waals surface area contributed by atoms with Crippen LogP contribution in [0.5, 0.6) is 0 Å². The predicted molar refractivity (Wildman–Crippen MR) is 113 cm³/mol. The van der Waals surface area contributed by atoms with Gasteiger partial charge in [-0.1, -0.05) is 12.1 Å². The molecule has 1 aliphatic heterocycles. The quantitative estimate of drug-likeness (QED) is 0.599. The molecular weight excluding hydrogens is 392 g/mol. The highest BCUT2D eigenvalue weighted by atomic mass is 32.2. The van der Waals surface area contributed by atoms with Crippen LogP contribution in [0.25, 0.3) is 0 Å². The number of esters is 1. The maximum absolute atomic E-state index is 12.5. The number of anilines is 1. The summed E-state index contributed by atoms with van der Waals surface area (Å²) in [6.07, 6.45) is 3.14. The number of hydrogen-bond donors (Lipinski definition) is 0. The first-order valence-corrected chi connectivity index (χ1v) is 12.0. The van der Waals surface area contributed by atoms with E-state index in [4.69, 9.17) is 4.74 Å². The highest BCUT2D eigenvalue weighted by molar-refractivity contribution is 7.92. The number of piperidine rings is 1. The van der Waals surface area contributed by atoms with E-state index in [-0.39, 0.29) is 30.8 Å². The number of rotatable bonds is 8. The van der Waals surface area contributed by atoms with E-state index < -0.39 is 10.0 Å². The summed E-state index contributed by atoms with van der Waals surface area (Å²) in [7, 11) is -3.45. The van der Waals surface area contributed by atoms with Crippen molar-refractivity contribution in [2.24, 2.45) is 5.92 Å². The van der Waals surface area contributed by atoms with E-state index >= 15 is 0 Å². The van der Waals surface area contributed by atoms with E-state index in [0.717, 1.165) is 11.1 Å². The second-order valence-corrected chi connectivity index (χ2v) is 9.54. The van der Waals surface area contributed by atoms with Crippen LogP contribution in [0, 0.1) is 19.8 Å². The topological polar surface area (TPSA) is 84.0 Å². The van der Waals surface area contributed by atoms with Gasteiger partial charge in [0.05, 0.1) is 24.5 Å². The molecule has 1 saturated heterocycles. The van der Waals surface area contributed by atoms with E-state index in [1.807, 2.05) is 32.0 Å². The number of benzene rings is 1. The third kappa shape index (κ3) is 6.45. The van der Waals surface area contributed by atoms with Crippen LogP contribution in [0.1, 0.15) is 43.7 Å². The number of amides is 1. The minimum atomic E-state index is -3.45. The third-order valence-corrected chi connectivity index (χ3v) is 6.43. The van der Waals surface area contributed by atoms with Gasteiger partial charge < -0.3 is 9.64 Å². The summed E-state index contributed by atoms with van der Waals surface area (Å²) in [6.45, 7) is 7.29. The molecule has 0 aromatic heterocycles. The Hall–Kier alpha value is -2.09. The molecule has 0 radical (unpaired) electrons. The fourth-order valence-electron chi connectivity index (χ4n) is 3.61. The Bertz CT molecular complexity index is 829. The van der Waals surface area contributed by atoms with Gasteiger partial charge in [-0.3, -0.25) is 13.9 Å². The average molecular weight is 425 g/mol. The smallest absolute Gasteiger partial charge is 0.309 e. The van der Waals surface area contributed by atoms with Crippen LogP contribution in [-0.4, -0.2) is 57.7 Å². The summed E-state index contributed by atoms with van der Waals surface area (Å²) in [6, 6.07) is 5.71. The molecule has 29 heavy (non-hydrogen) atoms. The van der Waals surface area contributed by atoms with Crippen molar-refractivity contribution in [1.82, 2.24) is 4.90 Å². The molecule has 0 bridgehead atoms. The van der Waals surface area contributed by atoms with Crippen LogP contribution in [0.3, 0.4) is 0 Å². The number of sulfonamides is 1. The number of hydrogen-bond acceptors (Lipinski definition) is 5. The van der Waals surface area contributed by atoms with Crippen molar-refractivity contribution in [3.05, 3.63) is 29.3 Å². The largest absolute Gasteiger partial charge is 0.466 e. The lowest BCUT2D eigenvalue weighted by molar-refractivity contribution is -0.151. The van der Waals surface area contributed by atoms with Crippen molar-refractivity contribution >= 4 is 27.6 Å². The number of likely N-dealkylation sites (tertiary alicyclic amines) is 1. The molecular formula is C21H32N2O5S. The molecule has 0 saturated carbocycles. The van der Waals surface area contributed by atoms with Crippen LogP contribution < -0.4 is 4.31 Å². The highest BCUT2D eigenvalue weighted by Crippen LogP contribution is 2.25. The van der Waals surface area contributed by atoms with Gasteiger partial charge in [-0.05, 0) is 57.2 Å². The number of carbonyl (C=O) groups excluding carboxylic acids is 2. The first-order chi connectivity index (χ1) is 13.6. The van der Waals surface area contributed by atoms with Crippen molar-refractivity contribution < 1.29 is 22.7 Å². The van der Waals surface area contributed by atoms with Crippen molar-refractivity contribution in [1.29, 1.82) is 0 Å². The van der Waals surface area contributed by atoms with Gasteiger partial charge in [0.2, 0.25) is 15.9 Å². The Labute approximate surface area is 174 Å². The maximum Gasteiger partial charge on any atom is 0.309 e. The molecule has 162 valence electrons. The second-order valence-electron chi connectivity index (χ2n) is 7.64. The Morgan fingerprint density at radius 1 is 1.21 bits per heavy atom. The number of carbonyl (C=O) groups is 2. The zero-order valence-electron chi connectivity index (χ0n) is 17.8. The molecule has 1 fully saturated rings. The van der Waals surface area contributed by atoms with E-state index in [9.17, 15) is 18.0 Å². The van der Waals surface area contributed by atoms with E-state index in [1.54, 1.807) is 11.8 Å². The first-order valence-electron chi connectivity index (χ1n) is 10.1. The van der Waals surface area contributed by atoms with Gasteiger partial charge in [0.25, 0.3) is 0 Å². The van der Waals surface area contributed by atoms with Crippen LogP contribution in [0.15, 0.2) is 18.2 Å². The zero-order chi connectivity index (χ0) is 21.6. The van der Waals surface area contributed by atoms with Crippen LogP contribution >= 0.6 is 0 Å². The molecule has 1 heterocycles. The zero-order valence-corrected chi connectivity index (χ0v) is 18.6. The van der Waals surface area contributed by atoms with Gasteiger partial charge in [-0.2, -0.15) is 0 Å². The minimum absolute atomic E-state index is 0.00160. The van der Waals surface area contributed by atoms with Gasteiger partial charge in [-0.25, -0.2) is 8.42 Å². The van der Waals surface area contributed by atoms with Gasteiger partial charge >= 0.3 is 5.97 Å². The van der Waals surface area contributed by atoms with Gasteiger partial charge in [0, 0.05) is 26.1 Å². The standard InChI is InChI=1S/C21H32N2O5S/c1-5-28-21(25)18-10-13-22(14-11-18)20(24)7-6-12-23(29(4,26)27)19-15-16(2)8-9-17(19)3/h8-9,15,18H,5-7,10-14H2,1-4H3. The Morgan fingerprint density at radius 3 is 2.45 bits per heavy atom. The molecule has 1 aliphatic rings. The normalized spacial score (nSPS) is 15.2. The molecule has 1 aromatic rings. The Balaban J connectivity index is 1.91. The fraction of sp³-hybridized carbons (Fsp3) is 0.619. The summed E-state index contributed by atoms with van der Waals surface area (Å²) >= 11 is 0. The van der Waals surface area contributed by atoms with E-state index in [1.165, 1.54) is 10.6 Å². The summed E-state index contributed by atoms with van der Waals surface area (Å²) < 4.78 is 31.1. The molecule has 0 aliphatic carbocycles. The van der Waals surface area contributed by atoms with Crippen molar-refractivity contribution in [2.45, 2.75) is 46.5 Å². The van der Waals surface area contributed by atoms with Gasteiger partial charge in [-0.15, -0.1) is 0 Å². The summed E-state index contributed by atoms with van der Waals surface area (Å²) in [5.74, 6) is -0.317. The van der Waals surface area contributed by atoms with E-state index in [0.29, 0.717) is 44.6 Å². The number of ether oxygens (including phenoxy) is 1. The molecule has 1 amide bonds. The average Bonchev–Trinajstić information content (AvgIpc) is 2.66. The SMILES string of the molecule is CCOC(=O)C1CCN(C(=O)CCCN(c2cc(C)ccc2C)S(C)(=O)=O)CC1. The fourth-order valence-corrected chi connectivity index (χ4v) is 4.62. The first kappa shape index (κ1) is 23.2. The third-order valence-electron chi connectivity index (χ3n) is 5.25. The molecule has 0 spiro atoms. The van der Waals surface area contributed by atoms with E-state index in [2.05, 4.69) is 0 Å². The molecule has 8 heteroatoms. The Morgan fingerprint density at radius 2 is 1.86 bits per heavy atom. The van der Waals surface area contributed by atoms with Crippen LogP contribution in [0.4, 0.5) is 5.69 Å². The monoisotopic (exact) mass is 424 g/mol. The second kappa shape index (κ2) is 10.1. The van der Waals surface area contributed by atoms with Gasteiger partial charge in [0.15, 0.2) is 0 Å². The molecule has 2 rings (SSSR count). The Kier molecular flexibility index (Phi) is 8.07. The molecule has 0 N–H and O–H groups in total. The van der Waals surface area contributed by atoms with Gasteiger partial charge in [0.1, 0.15) is 0 Å². The summed E-state index contributed by atoms with van der Waals surface area (Å²) in [5.41, 5.74) is 2.53. The molecule has 0 atom stereocenters. The van der Waals surface area contributed by atoms with Crippen molar-refractivity contribution in [2.75, 3.05) is 36.8 Å². The number of nitrogens with zero attached hydrogens (tertiary/aromatic N) is 2. The van der Waals surface area contributed by atoms with Crippen molar-refractivity contribution in [3.8, 4) is 0 Å². The number of aryl methyl sites for hydroxylation is 2. The molecule has 7 nitrogen and oxygen atoms in total. The van der Waals surface area contributed by atoms with Crippen molar-refractivity contribution in [3.63, 3.8) is 0 Å². The lowest BCUT2D eigenvalue weighted by atomic mass is 9.97. The summed E-state index contributed by atoms with van der Waals surface area (Å²) in [4.78, 5) is 26.1. The molecule has 1 aromatic carbocycles. The van der Waals surface area contributed by atoms with Crippen LogP contribution in [0.2, 0.25) is 0 Å². The lowest BCUT2D eigenvalue weighted by Gasteiger charge is -2.31. The maximum atomic E-state index is 12.5. The van der Waals surface area contributed by atoms with Crippen LogP contribution in [-0.2, 0) is 24.3 Å². The molecule has 0 unspecified atom stereocenters. The summed E-state index contributed by atoms with van der Waals surface area (Å²) in [5, 5.41) is 0. The lowest BCUT2D eigenvalue weighted by Crippen LogP contribution is -2.41. The predicted octanol–water partition coefficient (Wildman–Crippen LogP) is 2.65.